The SMILES string of the molecule is CC(C)[C@]12C[C@@H](OCc3ccsc3)[C@](C)(C[C@@H]1I)O2. The average molecular weight is 392 g/mol. The van der Waals surface area contributed by atoms with Gasteiger partial charge in [0.25, 0.3) is 0 Å². The number of halogens is 1. The molecule has 2 saturated heterocycles. The Hall–Kier alpha value is 0.350. The fourth-order valence-corrected chi connectivity index (χ4v) is 6.09. The van der Waals surface area contributed by atoms with Crippen LogP contribution >= 0.6 is 33.9 Å². The van der Waals surface area contributed by atoms with E-state index in [1.807, 2.05) is 0 Å². The maximum Gasteiger partial charge on any atom is 0.0935 e. The predicted molar refractivity (Wildman–Crippen MR) is 87.0 cm³/mol. The Morgan fingerprint density at radius 2 is 2.32 bits per heavy atom. The third kappa shape index (κ3) is 2.28. The second-order valence-corrected chi connectivity index (χ2v) is 8.62. The zero-order chi connectivity index (χ0) is 13.7. The first-order valence-electron chi connectivity index (χ1n) is 6.93. The van der Waals surface area contributed by atoms with Gasteiger partial charge in [-0.05, 0) is 41.7 Å². The molecule has 0 aromatic carbocycles. The van der Waals surface area contributed by atoms with Crippen molar-refractivity contribution >= 4 is 33.9 Å². The molecule has 0 spiro atoms. The third-order valence-corrected chi connectivity index (χ3v) is 6.96. The molecule has 2 nitrogen and oxygen atoms in total. The minimum Gasteiger partial charge on any atom is -0.370 e. The van der Waals surface area contributed by atoms with Crippen LogP contribution in [-0.2, 0) is 16.1 Å². The van der Waals surface area contributed by atoms with E-state index in [4.69, 9.17) is 9.47 Å². The van der Waals surface area contributed by atoms with E-state index >= 15 is 0 Å². The number of hydrogen-bond donors (Lipinski definition) is 0. The van der Waals surface area contributed by atoms with Crippen LogP contribution < -0.4 is 0 Å². The van der Waals surface area contributed by atoms with Crippen molar-refractivity contribution in [3.05, 3.63) is 22.4 Å². The van der Waals surface area contributed by atoms with E-state index in [0.717, 1.165) is 12.8 Å². The van der Waals surface area contributed by atoms with Gasteiger partial charge in [0.05, 0.1) is 23.9 Å². The topological polar surface area (TPSA) is 18.5 Å². The first-order valence-corrected chi connectivity index (χ1v) is 9.12. The van der Waals surface area contributed by atoms with Crippen molar-refractivity contribution in [3.63, 3.8) is 0 Å². The maximum absolute atomic E-state index is 6.47. The Morgan fingerprint density at radius 3 is 2.89 bits per heavy atom. The molecule has 2 fully saturated rings. The second kappa shape index (κ2) is 4.97. The van der Waals surface area contributed by atoms with Crippen molar-refractivity contribution in [2.45, 2.75) is 61.5 Å². The molecule has 1 aromatic rings. The molecule has 2 bridgehead atoms. The standard InChI is InChI=1S/C15H21IO2S/c1-10(2)15-7-13(14(3,18-15)6-12(15)16)17-8-11-4-5-19-9-11/h4-5,9-10,12-13H,6-8H2,1-3H3/t12-,13+,14-,15+/m0/s1. The summed E-state index contributed by atoms with van der Waals surface area (Å²) in [7, 11) is 0. The summed E-state index contributed by atoms with van der Waals surface area (Å²) in [6.07, 6.45) is 2.39. The number of ether oxygens (including phenoxy) is 2. The van der Waals surface area contributed by atoms with E-state index < -0.39 is 0 Å². The molecule has 0 saturated carbocycles. The number of thiophene rings is 1. The highest BCUT2D eigenvalue weighted by Gasteiger charge is 2.65. The van der Waals surface area contributed by atoms with Crippen LogP contribution in [0.15, 0.2) is 16.8 Å². The smallest absolute Gasteiger partial charge is 0.0935 e. The number of fused-ring (bicyclic) bond motifs is 2. The first-order chi connectivity index (χ1) is 8.96. The molecule has 0 radical (unpaired) electrons. The molecule has 0 amide bonds. The zero-order valence-corrected chi connectivity index (χ0v) is 14.7. The van der Waals surface area contributed by atoms with E-state index in [2.05, 4.69) is 60.2 Å². The molecule has 3 rings (SSSR count). The van der Waals surface area contributed by atoms with E-state index in [0.29, 0.717) is 16.4 Å². The minimum absolute atomic E-state index is 0.0224. The predicted octanol–water partition coefficient (Wildman–Crippen LogP) is 4.41. The Kier molecular flexibility index (Phi) is 3.74. The molecule has 106 valence electrons. The van der Waals surface area contributed by atoms with Crippen molar-refractivity contribution in [1.82, 2.24) is 0 Å². The number of rotatable bonds is 4. The molecule has 4 atom stereocenters. The van der Waals surface area contributed by atoms with Crippen LogP contribution in [0, 0.1) is 5.92 Å². The van der Waals surface area contributed by atoms with Crippen LogP contribution in [-0.4, -0.2) is 21.2 Å². The molecule has 4 heteroatoms. The van der Waals surface area contributed by atoms with Gasteiger partial charge in [-0.2, -0.15) is 11.3 Å². The zero-order valence-electron chi connectivity index (χ0n) is 11.7. The van der Waals surface area contributed by atoms with Gasteiger partial charge < -0.3 is 9.47 Å². The van der Waals surface area contributed by atoms with E-state index in [1.54, 1.807) is 11.3 Å². The summed E-state index contributed by atoms with van der Waals surface area (Å²) in [4.78, 5) is 0. The molecular weight excluding hydrogens is 371 g/mol. The Bertz CT molecular complexity index is 447. The summed E-state index contributed by atoms with van der Waals surface area (Å²) in [6.45, 7) is 7.50. The van der Waals surface area contributed by atoms with Gasteiger partial charge in [-0.25, -0.2) is 0 Å². The highest BCUT2D eigenvalue weighted by Crippen LogP contribution is 2.57. The quantitative estimate of drug-likeness (QED) is 0.558. The molecule has 19 heavy (non-hydrogen) atoms. The molecule has 0 aliphatic carbocycles. The van der Waals surface area contributed by atoms with Gasteiger partial charge in [0.1, 0.15) is 0 Å². The van der Waals surface area contributed by atoms with Crippen LogP contribution in [0.25, 0.3) is 0 Å². The minimum atomic E-state index is -0.0911. The van der Waals surface area contributed by atoms with Gasteiger partial charge in [0.2, 0.25) is 0 Å². The van der Waals surface area contributed by atoms with Crippen LogP contribution in [0.2, 0.25) is 0 Å². The van der Waals surface area contributed by atoms with Crippen LogP contribution in [0.1, 0.15) is 39.2 Å². The molecule has 3 heterocycles. The lowest BCUT2D eigenvalue weighted by Gasteiger charge is -2.35. The Labute approximate surface area is 133 Å². The summed E-state index contributed by atoms with van der Waals surface area (Å²) in [5, 5.41) is 4.27. The second-order valence-electron chi connectivity index (χ2n) is 6.33. The fourth-order valence-electron chi connectivity index (χ4n) is 3.46. The third-order valence-electron chi connectivity index (χ3n) is 4.73. The highest BCUT2D eigenvalue weighted by atomic mass is 127. The molecular formula is C15H21IO2S. The van der Waals surface area contributed by atoms with Crippen molar-refractivity contribution in [2.24, 2.45) is 5.92 Å². The lowest BCUT2D eigenvalue weighted by molar-refractivity contribution is -0.0953. The number of hydrogen-bond acceptors (Lipinski definition) is 3. The van der Waals surface area contributed by atoms with Crippen LogP contribution in [0.4, 0.5) is 0 Å². The van der Waals surface area contributed by atoms with Gasteiger partial charge >= 0.3 is 0 Å². The van der Waals surface area contributed by atoms with E-state index in [-0.39, 0.29) is 17.3 Å². The van der Waals surface area contributed by atoms with Crippen molar-refractivity contribution < 1.29 is 9.47 Å². The monoisotopic (exact) mass is 392 g/mol. The summed E-state index contributed by atoms with van der Waals surface area (Å²) >= 11 is 4.30. The number of alkyl halides is 1. The molecule has 1 aromatic heterocycles. The summed E-state index contributed by atoms with van der Waals surface area (Å²) in [6, 6.07) is 2.14. The van der Waals surface area contributed by atoms with Gasteiger partial charge in [-0.3, -0.25) is 0 Å². The van der Waals surface area contributed by atoms with Crippen LogP contribution in [0.5, 0.6) is 0 Å². The largest absolute Gasteiger partial charge is 0.370 e. The van der Waals surface area contributed by atoms with Crippen molar-refractivity contribution in [2.75, 3.05) is 0 Å². The molecule has 2 aliphatic rings. The summed E-state index contributed by atoms with van der Waals surface area (Å²) in [5.74, 6) is 0.547. The molecule has 0 N–H and O–H groups in total. The maximum atomic E-state index is 6.47. The van der Waals surface area contributed by atoms with Gasteiger partial charge in [-0.15, -0.1) is 0 Å². The molecule has 2 aliphatic heterocycles. The summed E-state index contributed by atoms with van der Waals surface area (Å²) in [5.41, 5.74) is 1.21. The van der Waals surface area contributed by atoms with Crippen molar-refractivity contribution in [3.8, 4) is 0 Å². The lowest BCUT2D eigenvalue weighted by Crippen LogP contribution is -2.44. The Balaban J connectivity index is 1.72. The normalized spacial score (nSPS) is 41.3. The average Bonchev–Trinajstić information content (AvgIpc) is 2.98. The highest BCUT2D eigenvalue weighted by molar-refractivity contribution is 14.1. The lowest BCUT2D eigenvalue weighted by atomic mass is 9.75. The first kappa shape index (κ1) is 14.3. The Morgan fingerprint density at radius 1 is 1.53 bits per heavy atom. The van der Waals surface area contributed by atoms with E-state index in [1.165, 1.54) is 5.56 Å². The fraction of sp³-hybridized carbons (Fsp3) is 0.733. The van der Waals surface area contributed by atoms with Gasteiger partial charge in [0.15, 0.2) is 0 Å². The van der Waals surface area contributed by atoms with Gasteiger partial charge in [-0.1, -0.05) is 36.4 Å². The van der Waals surface area contributed by atoms with E-state index in [9.17, 15) is 0 Å². The van der Waals surface area contributed by atoms with Crippen molar-refractivity contribution in [1.29, 1.82) is 0 Å². The molecule has 0 unspecified atom stereocenters. The van der Waals surface area contributed by atoms with Gasteiger partial charge in [0, 0.05) is 10.3 Å². The summed E-state index contributed by atoms with van der Waals surface area (Å²) < 4.78 is 13.3. The van der Waals surface area contributed by atoms with Crippen LogP contribution in [0.3, 0.4) is 0 Å².